The van der Waals surface area contributed by atoms with E-state index in [9.17, 15) is 0 Å². The monoisotopic (exact) mass is 858 g/mol. The summed E-state index contributed by atoms with van der Waals surface area (Å²) >= 11 is 0. The highest BCUT2D eigenvalue weighted by Crippen LogP contribution is 2.49. The molecule has 0 unspecified atom stereocenters. The van der Waals surface area contributed by atoms with Gasteiger partial charge in [-0.1, -0.05) is 231 Å². The molecule has 0 radical (unpaired) electrons. The van der Waals surface area contributed by atoms with Crippen molar-refractivity contribution < 1.29 is 0 Å². The molecule has 0 aliphatic carbocycles. The van der Waals surface area contributed by atoms with Gasteiger partial charge in [-0.3, -0.25) is 0 Å². The van der Waals surface area contributed by atoms with E-state index < -0.39 is 0 Å². The molecule has 14 rings (SSSR count). The molecule has 0 aliphatic rings. The molecule has 0 amide bonds. The molecule has 0 aliphatic heterocycles. The molecule has 0 heterocycles. The summed E-state index contributed by atoms with van der Waals surface area (Å²) < 4.78 is 0. The van der Waals surface area contributed by atoms with Crippen molar-refractivity contribution >= 4 is 75.4 Å². The van der Waals surface area contributed by atoms with Crippen LogP contribution in [0.4, 0.5) is 0 Å². The molecule has 314 valence electrons. The second-order valence-electron chi connectivity index (χ2n) is 18.3. The summed E-state index contributed by atoms with van der Waals surface area (Å²) in [5, 5.41) is 17.7. The first-order chi connectivity index (χ1) is 33.7. The Morgan fingerprint density at radius 3 is 0.838 bits per heavy atom. The highest BCUT2D eigenvalue weighted by atomic mass is 14.2. The second kappa shape index (κ2) is 15.4. The number of benzene rings is 14. The molecular formula is C68H42. The fraction of sp³-hybridized carbons (Fsp3) is 0. The number of fused-ring (bicyclic) bond motifs is 4. The first-order valence-electron chi connectivity index (χ1n) is 23.6. The van der Waals surface area contributed by atoms with E-state index in [4.69, 9.17) is 0 Å². The predicted octanol–water partition coefficient (Wildman–Crippen LogP) is 19.2. The SMILES string of the molecule is c1ccc2cc(-c3cc(-c4ccc(-c5cccc6ccccc56)cc4)c4ccc5c(-c6ccc7ccccc7c6)cc(-c6ccc(-c7cccc8ccccc78)cc6)c6ccc3c4c65)ccc2c1. The molecule has 0 aromatic heterocycles. The van der Waals surface area contributed by atoms with Crippen molar-refractivity contribution in [2.75, 3.05) is 0 Å². The molecule has 14 aromatic rings. The Kier molecular flexibility index (Phi) is 8.69. The predicted molar refractivity (Wildman–Crippen MR) is 293 cm³/mol. The number of hydrogen-bond donors (Lipinski definition) is 0. The lowest BCUT2D eigenvalue weighted by Crippen LogP contribution is -1.94. The van der Waals surface area contributed by atoms with Gasteiger partial charge in [0.2, 0.25) is 0 Å². The van der Waals surface area contributed by atoms with E-state index >= 15 is 0 Å². The van der Waals surface area contributed by atoms with Gasteiger partial charge in [-0.15, -0.1) is 0 Å². The van der Waals surface area contributed by atoms with Crippen molar-refractivity contribution in [2.24, 2.45) is 0 Å². The zero-order valence-electron chi connectivity index (χ0n) is 37.2. The quantitative estimate of drug-likeness (QED) is 0.146. The molecule has 0 saturated carbocycles. The van der Waals surface area contributed by atoms with Gasteiger partial charge in [-0.05, 0) is 166 Å². The lowest BCUT2D eigenvalue weighted by molar-refractivity contribution is 1.62. The van der Waals surface area contributed by atoms with Crippen LogP contribution in [0.1, 0.15) is 0 Å². The van der Waals surface area contributed by atoms with Crippen LogP contribution in [0.15, 0.2) is 255 Å². The van der Waals surface area contributed by atoms with E-state index in [2.05, 4.69) is 255 Å². The van der Waals surface area contributed by atoms with E-state index in [1.165, 1.54) is 142 Å². The largest absolute Gasteiger partial charge is 0.0616 e. The first-order valence-corrected chi connectivity index (χ1v) is 23.6. The molecule has 0 saturated heterocycles. The zero-order chi connectivity index (χ0) is 44.7. The minimum atomic E-state index is 1.20. The van der Waals surface area contributed by atoms with Gasteiger partial charge in [-0.2, -0.15) is 0 Å². The van der Waals surface area contributed by atoms with E-state index in [-0.39, 0.29) is 0 Å². The van der Waals surface area contributed by atoms with Crippen LogP contribution >= 0.6 is 0 Å². The van der Waals surface area contributed by atoms with Gasteiger partial charge in [0.1, 0.15) is 0 Å². The van der Waals surface area contributed by atoms with Crippen LogP contribution < -0.4 is 0 Å². The molecule has 0 nitrogen and oxygen atoms in total. The van der Waals surface area contributed by atoms with Crippen LogP contribution in [-0.2, 0) is 0 Å². The van der Waals surface area contributed by atoms with E-state index in [0.29, 0.717) is 0 Å². The maximum atomic E-state index is 2.45. The van der Waals surface area contributed by atoms with Gasteiger partial charge >= 0.3 is 0 Å². The summed E-state index contributed by atoms with van der Waals surface area (Å²) in [6.07, 6.45) is 0. The normalized spacial score (nSPS) is 11.8. The van der Waals surface area contributed by atoms with Crippen LogP contribution in [-0.4, -0.2) is 0 Å². The third-order valence-corrected chi connectivity index (χ3v) is 14.6. The lowest BCUT2D eigenvalue weighted by Gasteiger charge is -2.22. The van der Waals surface area contributed by atoms with Crippen molar-refractivity contribution in [3.63, 3.8) is 0 Å². The average molecular weight is 859 g/mol. The number of hydrogen-bond acceptors (Lipinski definition) is 0. The van der Waals surface area contributed by atoms with E-state index in [1.807, 2.05) is 0 Å². The van der Waals surface area contributed by atoms with Crippen LogP contribution in [0, 0.1) is 0 Å². The summed E-state index contributed by atoms with van der Waals surface area (Å²) in [6, 6.07) is 95.0. The standard InChI is InChI=1S/C68H42/c1-3-15-51-39-53(33-23-43(51)11-1)65-41-63(49-29-25-47(26-30-49)57-21-9-17-45-13-5-7-19-55(45)57)59-36-38-62-66(54-34-24-44-12-2-4-16-52(44)40-54)42-64(60-35-37-61(65)67(59)68(60)62)50-31-27-48(28-32-50)58-22-10-18-46-14-6-8-20-56(46)58/h1-42H. The van der Waals surface area contributed by atoms with Gasteiger partial charge in [0.15, 0.2) is 0 Å². The minimum Gasteiger partial charge on any atom is -0.0616 e. The molecule has 68 heavy (non-hydrogen) atoms. The van der Waals surface area contributed by atoms with Gasteiger partial charge in [0.05, 0.1) is 0 Å². The summed E-state index contributed by atoms with van der Waals surface area (Å²) in [4.78, 5) is 0. The summed E-state index contributed by atoms with van der Waals surface area (Å²) in [5.74, 6) is 0. The Bertz CT molecular complexity index is 4000. The Morgan fingerprint density at radius 2 is 0.441 bits per heavy atom. The molecule has 14 aromatic carbocycles. The molecule has 0 atom stereocenters. The number of rotatable bonds is 6. The Balaban J connectivity index is 1.04. The second-order valence-corrected chi connectivity index (χ2v) is 18.3. The Hall–Kier alpha value is -8.84. The summed E-state index contributed by atoms with van der Waals surface area (Å²) in [5.41, 5.74) is 14.7. The Labute approximate surface area is 395 Å². The molecule has 0 spiro atoms. The van der Waals surface area contributed by atoms with Crippen molar-refractivity contribution in [3.8, 4) is 66.8 Å². The maximum Gasteiger partial charge on any atom is -0.00139 e. The fourth-order valence-corrected chi connectivity index (χ4v) is 11.3. The van der Waals surface area contributed by atoms with Crippen molar-refractivity contribution in [3.05, 3.63) is 255 Å². The molecule has 0 N–H and O–H groups in total. The van der Waals surface area contributed by atoms with Gasteiger partial charge in [0, 0.05) is 0 Å². The first kappa shape index (κ1) is 38.4. The highest BCUT2D eigenvalue weighted by molar-refractivity contribution is 6.32. The molecule has 0 bridgehead atoms. The van der Waals surface area contributed by atoms with Crippen molar-refractivity contribution in [2.45, 2.75) is 0 Å². The minimum absolute atomic E-state index is 1.20. The molecular weight excluding hydrogens is 817 g/mol. The van der Waals surface area contributed by atoms with E-state index in [0.717, 1.165) is 0 Å². The van der Waals surface area contributed by atoms with Crippen LogP contribution in [0.25, 0.3) is 142 Å². The third kappa shape index (κ3) is 6.15. The van der Waals surface area contributed by atoms with Crippen LogP contribution in [0.5, 0.6) is 0 Å². The maximum absolute atomic E-state index is 2.45. The van der Waals surface area contributed by atoms with Gasteiger partial charge < -0.3 is 0 Å². The Morgan fingerprint density at radius 1 is 0.147 bits per heavy atom. The van der Waals surface area contributed by atoms with Crippen LogP contribution in [0.3, 0.4) is 0 Å². The van der Waals surface area contributed by atoms with Crippen molar-refractivity contribution in [1.82, 2.24) is 0 Å². The summed E-state index contributed by atoms with van der Waals surface area (Å²) in [7, 11) is 0. The van der Waals surface area contributed by atoms with Gasteiger partial charge in [-0.25, -0.2) is 0 Å². The summed E-state index contributed by atoms with van der Waals surface area (Å²) in [6.45, 7) is 0. The topological polar surface area (TPSA) is 0 Å². The van der Waals surface area contributed by atoms with E-state index in [1.54, 1.807) is 0 Å². The van der Waals surface area contributed by atoms with Crippen LogP contribution in [0.2, 0.25) is 0 Å². The fourth-order valence-electron chi connectivity index (χ4n) is 11.3. The highest BCUT2D eigenvalue weighted by Gasteiger charge is 2.22. The molecule has 0 heteroatoms. The van der Waals surface area contributed by atoms with Crippen molar-refractivity contribution in [1.29, 1.82) is 0 Å². The third-order valence-electron chi connectivity index (χ3n) is 14.6. The smallest absolute Gasteiger partial charge is 0.00139 e. The average Bonchev–Trinajstić information content (AvgIpc) is 3.41. The van der Waals surface area contributed by atoms with Gasteiger partial charge in [0.25, 0.3) is 0 Å². The molecule has 0 fully saturated rings. The lowest BCUT2D eigenvalue weighted by atomic mass is 9.81. The zero-order valence-corrected chi connectivity index (χ0v) is 37.2.